The van der Waals surface area contributed by atoms with Crippen molar-refractivity contribution in [2.24, 2.45) is 5.73 Å². The first-order chi connectivity index (χ1) is 7.16. The predicted molar refractivity (Wildman–Crippen MR) is 52.5 cm³/mol. The van der Waals surface area contributed by atoms with Gasteiger partial charge in [0.2, 0.25) is 0 Å². The van der Waals surface area contributed by atoms with Gasteiger partial charge in [-0.1, -0.05) is 0 Å². The van der Waals surface area contributed by atoms with Crippen LogP contribution in [-0.2, 0) is 0 Å². The topological polar surface area (TPSA) is 71.8 Å². The first-order valence-electron chi connectivity index (χ1n) is 4.27. The van der Waals surface area contributed by atoms with Crippen LogP contribution in [0.25, 0.3) is 11.3 Å². The van der Waals surface area contributed by atoms with Gasteiger partial charge in [-0.3, -0.25) is 4.79 Å². The van der Waals surface area contributed by atoms with E-state index >= 15 is 0 Å². The van der Waals surface area contributed by atoms with Crippen LogP contribution in [0.5, 0.6) is 0 Å². The van der Waals surface area contributed by atoms with E-state index in [-0.39, 0.29) is 11.6 Å². The Balaban J connectivity index is 2.37. The molecule has 0 atom stereocenters. The molecular formula is C10H8FN3O. The monoisotopic (exact) mass is 205 g/mol. The van der Waals surface area contributed by atoms with E-state index in [0.29, 0.717) is 5.69 Å². The van der Waals surface area contributed by atoms with Crippen molar-refractivity contribution in [1.29, 1.82) is 0 Å². The highest BCUT2D eigenvalue weighted by Crippen LogP contribution is 2.16. The van der Waals surface area contributed by atoms with E-state index in [4.69, 9.17) is 5.73 Å². The van der Waals surface area contributed by atoms with Gasteiger partial charge in [-0.15, -0.1) is 0 Å². The second-order valence-electron chi connectivity index (χ2n) is 3.02. The number of imidazole rings is 1. The van der Waals surface area contributed by atoms with Crippen molar-refractivity contribution in [1.82, 2.24) is 9.97 Å². The molecule has 4 nitrogen and oxygen atoms in total. The number of nitrogens with two attached hydrogens (primary N) is 1. The van der Waals surface area contributed by atoms with E-state index in [1.807, 2.05) is 0 Å². The summed E-state index contributed by atoms with van der Waals surface area (Å²) >= 11 is 0. The lowest BCUT2D eigenvalue weighted by Gasteiger charge is -1.95. The smallest absolute Gasteiger partial charge is 0.284 e. The first-order valence-corrected chi connectivity index (χ1v) is 4.27. The highest BCUT2D eigenvalue weighted by molar-refractivity contribution is 5.89. The number of nitrogens with zero attached hydrogens (tertiary/aromatic N) is 1. The molecule has 2 rings (SSSR count). The van der Waals surface area contributed by atoms with E-state index in [1.54, 1.807) is 12.1 Å². The molecule has 0 aliphatic heterocycles. The molecular weight excluding hydrogens is 197 g/mol. The Hall–Kier alpha value is -2.17. The zero-order chi connectivity index (χ0) is 10.8. The van der Waals surface area contributed by atoms with Crippen LogP contribution in [0.1, 0.15) is 10.6 Å². The lowest BCUT2D eigenvalue weighted by atomic mass is 10.2. The molecule has 1 heterocycles. The van der Waals surface area contributed by atoms with Gasteiger partial charge in [0.25, 0.3) is 5.91 Å². The van der Waals surface area contributed by atoms with Crippen LogP contribution in [-0.4, -0.2) is 15.9 Å². The number of carbonyl (C=O) groups excluding carboxylic acids is 1. The minimum atomic E-state index is -0.622. The number of H-pyrrole nitrogens is 1. The third kappa shape index (κ3) is 1.85. The molecule has 76 valence electrons. The van der Waals surface area contributed by atoms with Crippen molar-refractivity contribution in [3.8, 4) is 11.3 Å². The van der Waals surface area contributed by atoms with Gasteiger partial charge in [-0.05, 0) is 29.8 Å². The van der Waals surface area contributed by atoms with Crippen LogP contribution >= 0.6 is 0 Å². The summed E-state index contributed by atoms with van der Waals surface area (Å²) in [7, 11) is 0. The summed E-state index contributed by atoms with van der Waals surface area (Å²) in [6.45, 7) is 0. The molecule has 5 heteroatoms. The molecule has 1 aromatic heterocycles. The van der Waals surface area contributed by atoms with Gasteiger partial charge in [-0.2, -0.15) is 0 Å². The molecule has 0 spiro atoms. The second-order valence-corrected chi connectivity index (χ2v) is 3.02. The fraction of sp³-hybridized carbons (Fsp3) is 0. The van der Waals surface area contributed by atoms with Gasteiger partial charge in [0.1, 0.15) is 5.82 Å². The lowest BCUT2D eigenvalue weighted by Crippen LogP contribution is -2.12. The van der Waals surface area contributed by atoms with Crippen molar-refractivity contribution < 1.29 is 9.18 Å². The Morgan fingerprint density at radius 2 is 2.00 bits per heavy atom. The first kappa shape index (κ1) is 9.39. The molecule has 0 aliphatic carbocycles. The number of nitrogens with one attached hydrogen (secondary N) is 1. The van der Waals surface area contributed by atoms with Crippen molar-refractivity contribution in [3.05, 3.63) is 42.1 Å². The van der Waals surface area contributed by atoms with Crippen LogP contribution in [0.4, 0.5) is 4.39 Å². The van der Waals surface area contributed by atoms with Gasteiger partial charge >= 0.3 is 0 Å². The number of aromatic amines is 1. The van der Waals surface area contributed by atoms with Crippen LogP contribution in [0.2, 0.25) is 0 Å². The average molecular weight is 205 g/mol. The number of rotatable bonds is 2. The van der Waals surface area contributed by atoms with Gasteiger partial charge < -0.3 is 10.7 Å². The number of carbonyl (C=O) groups is 1. The highest BCUT2D eigenvalue weighted by Gasteiger charge is 2.06. The van der Waals surface area contributed by atoms with Crippen LogP contribution < -0.4 is 5.73 Å². The number of hydrogen-bond donors (Lipinski definition) is 2. The summed E-state index contributed by atoms with van der Waals surface area (Å²) < 4.78 is 12.6. The molecule has 0 bridgehead atoms. The van der Waals surface area contributed by atoms with Crippen molar-refractivity contribution in [2.75, 3.05) is 0 Å². The molecule has 0 aliphatic rings. The predicted octanol–water partition coefficient (Wildman–Crippen LogP) is 1.31. The Morgan fingerprint density at radius 1 is 1.33 bits per heavy atom. The molecule has 2 aromatic rings. The lowest BCUT2D eigenvalue weighted by molar-refractivity contribution is 0.0991. The zero-order valence-corrected chi connectivity index (χ0v) is 7.70. The quantitative estimate of drug-likeness (QED) is 0.775. The molecule has 0 radical (unpaired) electrons. The maximum Gasteiger partial charge on any atom is 0.284 e. The molecule has 3 N–H and O–H groups in total. The van der Waals surface area contributed by atoms with E-state index in [9.17, 15) is 9.18 Å². The van der Waals surface area contributed by atoms with Crippen LogP contribution in [0.3, 0.4) is 0 Å². The van der Waals surface area contributed by atoms with Gasteiger partial charge in [0, 0.05) is 0 Å². The Labute approximate surface area is 84.9 Å². The fourth-order valence-electron chi connectivity index (χ4n) is 1.22. The summed E-state index contributed by atoms with van der Waals surface area (Å²) in [5.41, 5.74) is 6.41. The Kier molecular flexibility index (Phi) is 2.21. The summed E-state index contributed by atoms with van der Waals surface area (Å²) in [6.07, 6.45) is 1.48. The standard InChI is InChI=1S/C10H8FN3O/c11-7-3-1-6(2-4-7)8-5-13-10(14-8)9(12)15/h1-5H,(H2,12,15)(H,13,14). The molecule has 1 aromatic carbocycles. The molecule has 0 saturated carbocycles. The average Bonchev–Trinajstić information content (AvgIpc) is 2.68. The molecule has 0 unspecified atom stereocenters. The van der Waals surface area contributed by atoms with Crippen LogP contribution in [0, 0.1) is 5.82 Å². The molecule has 0 saturated heterocycles. The van der Waals surface area contributed by atoms with Crippen molar-refractivity contribution >= 4 is 5.91 Å². The number of primary amides is 1. The van der Waals surface area contributed by atoms with E-state index in [0.717, 1.165) is 5.56 Å². The van der Waals surface area contributed by atoms with Crippen molar-refractivity contribution in [2.45, 2.75) is 0 Å². The highest BCUT2D eigenvalue weighted by atomic mass is 19.1. The van der Waals surface area contributed by atoms with E-state index < -0.39 is 5.91 Å². The number of benzene rings is 1. The zero-order valence-electron chi connectivity index (χ0n) is 7.70. The minimum Gasteiger partial charge on any atom is -0.363 e. The fourth-order valence-corrected chi connectivity index (χ4v) is 1.22. The maximum absolute atomic E-state index is 12.6. The minimum absolute atomic E-state index is 0.0920. The van der Waals surface area contributed by atoms with E-state index in [2.05, 4.69) is 9.97 Å². The normalized spacial score (nSPS) is 10.2. The Morgan fingerprint density at radius 3 is 2.53 bits per heavy atom. The molecule has 1 amide bonds. The molecule has 15 heavy (non-hydrogen) atoms. The van der Waals surface area contributed by atoms with Crippen LogP contribution in [0.15, 0.2) is 30.5 Å². The van der Waals surface area contributed by atoms with Gasteiger partial charge in [0.15, 0.2) is 5.82 Å². The number of aromatic nitrogens is 2. The summed E-state index contributed by atoms with van der Waals surface area (Å²) in [5.74, 6) is -0.842. The van der Waals surface area contributed by atoms with Crippen molar-refractivity contribution in [3.63, 3.8) is 0 Å². The number of halogens is 1. The summed E-state index contributed by atoms with van der Waals surface area (Å²) in [6, 6.07) is 5.85. The van der Waals surface area contributed by atoms with Gasteiger partial charge in [-0.25, -0.2) is 9.37 Å². The molecule has 0 fully saturated rings. The largest absolute Gasteiger partial charge is 0.363 e. The maximum atomic E-state index is 12.6. The second kappa shape index (κ2) is 3.53. The summed E-state index contributed by atoms with van der Waals surface area (Å²) in [5, 5.41) is 0. The summed E-state index contributed by atoms with van der Waals surface area (Å²) in [4.78, 5) is 17.3. The van der Waals surface area contributed by atoms with Gasteiger partial charge in [0.05, 0.1) is 11.9 Å². The third-order valence-corrected chi connectivity index (χ3v) is 1.96. The SMILES string of the molecule is NC(=O)c1ncc(-c2ccc(F)cc2)[nH]1. The van der Waals surface area contributed by atoms with E-state index in [1.165, 1.54) is 18.3 Å². The number of hydrogen-bond acceptors (Lipinski definition) is 2. The third-order valence-electron chi connectivity index (χ3n) is 1.96. The Bertz CT molecular complexity index is 490. The number of amides is 1.